The highest BCUT2D eigenvalue weighted by molar-refractivity contribution is 6.19. The van der Waals surface area contributed by atoms with E-state index >= 15 is 0 Å². The van der Waals surface area contributed by atoms with Crippen molar-refractivity contribution in [3.8, 4) is 5.75 Å². The van der Waals surface area contributed by atoms with Crippen LogP contribution in [0.25, 0.3) is 5.57 Å². The van der Waals surface area contributed by atoms with Gasteiger partial charge in [-0.2, -0.15) is 0 Å². The van der Waals surface area contributed by atoms with E-state index in [2.05, 4.69) is 6.58 Å². The number of aliphatic hydroxyl groups excluding tert-OH is 3. The normalized spacial score (nSPS) is 32.2. The Bertz CT molecular complexity index is 1320. The fourth-order valence-electron chi connectivity index (χ4n) is 5.95. The van der Waals surface area contributed by atoms with Crippen LogP contribution in [0, 0.1) is 17.8 Å². The Labute approximate surface area is 211 Å². The van der Waals surface area contributed by atoms with Crippen molar-refractivity contribution < 1.29 is 44.7 Å². The van der Waals surface area contributed by atoms with Gasteiger partial charge < -0.3 is 36.0 Å². The lowest BCUT2D eigenvalue weighted by atomic mass is 9.56. The minimum absolute atomic E-state index is 0.190. The van der Waals surface area contributed by atoms with Crippen LogP contribution in [0.4, 0.5) is 0 Å². The molecule has 0 saturated heterocycles. The van der Waals surface area contributed by atoms with Crippen LogP contribution in [-0.2, 0) is 14.3 Å². The highest BCUT2D eigenvalue weighted by atomic mass is 16.5. The Morgan fingerprint density at radius 2 is 1.86 bits per heavy atom. The molecule has 0 radical (unpaired) electrons. The van der Waals surface area contributed by atoms with E-state index in [1.807, 2.05) is 0 Å². The van der Waals surface area contributed by atoms with Crippen molar-refractivity contribution in [2.45, 2.75) is 36.8 Å². The number of Topliss-reactive ketones (excluding diaryl/α,β-unsaturated/α-hetero) is 2. The van der Waals surface area contributed by atoms with Crippen LogP contribution in [0.2, 0.25) is 0 Å². The number of hydrogen-bond acceptors (Lipinski definition) is 11. The lowest BCUT2D eigenvalue weighted by molar-refractivity contribution is -0.178. The van der Waals surface area contributed by atoms with Gasteiger partial charge in [-0.25, -0.2) is 0 Å². The molecule has 5 rings (SSSR count). The van der Waals surface area contributed by atoms with Crippen molar-refractivity contribution in [2.75, 3.05) is 14.1 Å². The Hall–Kier alpha value is -3.51. The summed E-state index contributed by atoms with van der Waals surface area (Å²) in [5, 5.41) is 55.0. The highest BCUT2D eigenvalue weighted by Crippen LogP contribution is 2.56. The van der Waals surface area contributed by atoms with Crippen LogP contribution in [0.5, 0.6) is 5.75 Å². The van der Waals surface area contributed by atoms with E-state index in [-0.39, 0.29) is 16.7 Å². The monoisotopic (exact) mass is 512 g/mol. The number of hydrogen-bond donors (Lipinski definition) is 6. The quantitative estimate of drug-likeness (QED) is 0.240. The lowest BCUT2D eigenvalue weighted by Gasteiger charge is -2.53. The molecule has 196 valence electrons. The summed E-state index contributed by atoms with van der Waals surface area (Å²) in [5.74, 6) is -8.06. The maximum atomic E-state index is 13.7. The maximum Gasteiger partial charge on any atom is 0.309 e. The topological polar surface area (TPSA) is 191 Å². The van der Waals surface area contributed by atoms with Crippen molar-refractivity contribution in [2.24, 2.45) is 23.5 Å². The molecule has 11 nitrogen and oxygen atoms in total. The predicted molar refractivity (Wildman–Crippen MR) is 128 cm³/mol. The summed E-state index contributed by atoms with van der Waals surface area (Å²) in [7, 11) is 3.03. The van der Waals surface area contributed by atoms with Gasteiger partial charge in [0.05, 0.1) is 40.5 Å². The summed E-state index contributed by atoms with van der Waals surface area (Å²) in [6, 6.07) is 3.04. The molecule has 0 spiro atoms. The fraction of sp³-hybridized carbons (Fsp3) is 0.423. The Balaban J connectivity index is 1.83. The van der Waals surface area contributed by atoms with Crippen LogP contribution in [-0.4, -0.2) is 86.0 Å². The zero-order valence-corrected chi connectivity index (χ0v) is 20.2. The number of carbonyl (C=O) groups is 3. The van der Waals surface area contributed by atoms with Gasteiger partial charge in [-0.15, -0.1) is 0 Å². The number of phenolic OH excluding ortho intramolecular Hbond substituents is 1. The first-order valence-electron chi connectivity index (χ1n) is 11.8. The molecule has 4 aliphatic rings. The van der Waals surface area contributed by atoms with E-state index in [1.54, 1.807) is 6.07 Å². The molecule has 1 unspecified atom stereocenters. The number of ether oxygens (including phenoxy) is 1. The second-order valence-corrected chi connectivity index (χ2v) is 10.2. The number of rotatable bonds is 4. The second kappa shape index (κ2) is 8.25. The van der Waals surface area contributed by atoms with Crippen LogP contribution < -0.4 is 5.73 Å². The molecule has 1 fully saturated rings. The zero-order chi connectivity index (χ0) is 27.1. The number of aliphatic hydroxyl groups is 4. The Kier molecular flexibility index (Phi) is 5.61. The SMILES string of the molecule is C=C1c2cccc(O)c2C(=O)C2=C(O)[C@]3(O)C(=O)C(C(N)O)=C(O)[C@@H](N(C)C)[C@@H]3[C@@H](OC(=O)C3CC3)[C@H]12. The Morgan fingerprint density at radius 3 is 2.43 bits per heavy atom. The van der Waals surface area contributed by atoms with Gasteiger partial charge >= 0.3 is 5.97 Å². The summed E-state index contributed by atoms with van der Waals surface area (Å²) in [6.07, 6.45) is -2.29. The van der Waals surface area contributed by atoms with Gasteiger partial charge in [0, 0.05) is 0 Å². The lowest BCUT2D eigenvalue weighted by Crippen LogP contribution is -2.69. The largest absolute Gasteiger partial charge is 0.510 e. The number of phenols is 1. The van der Waals surface area contributed by atoms with E-state index in [4.69, 9.17) is 10.5 Å². The predicted octanol–water partition coefficient (Wildman–Crippen LogP) is 0.315. The molecule has 1 aromatic rings. The smallest absolute Gasteiger partial charge is 0.309 e. The molecular formula is C26H28N2O9. The number of likely N-dealkylation sites (N-methyl/N-ethyl adjacent to an activating group) is 1. The number of carbonyl (C=O) groups excluding carboxylic acids is 3. The molecule has 6 atom stereocenters. The van der Waals surface area contributed by atoms with E-state index < -0.39 is 87.7 Å². The molecule has 0 aromatic heterocycles. The summed E-state index contributed by atoms with van der Waals surface area (Å²) in [4.78, 5) is 41.7. The minimum Gasteiger partial charge on any atom is -0.510 e. The molecule has 7 N–H and O–H groups in total. The highest BCUT2D eigenvalue weighted by Gasteiger charge is 2.68. The second-order valence-electron chi connectivity index (χ2n) is 10.2. The average Bonchev–Trinajstić information content (AvgIpc) is 3.66. The molecule has 1 aromatic carbocycles. The summed E-state index contributed by atoms with van der Waals surface area (Å²) >= 11 is 0. The molecular weight excluding hydrogens is 484 g/mol. The molecule has 0 amide bonds. The summed E-state index contributed by atoms with van der Waals surface area (Å²) in [5.41, 5.74) is 1.70. The fourth-order valence-corrected chi connectivity index (χ4v) is 5.95. The minimum atomic E-state index is -2.91. The first kappa shape index (κ1) is 25.2. The van der Waals surface area contributed by atoms with Gasteiger partial charge in [-0.3, -0.25) is 19.3 Å². The third-order valence-corrected chi connectivity index (χ3v) is 7.83. The molecule has 0 aliphatic heterocycles. The molecule has 37 heavy (non-hydrogen) atoms. The van der Waals surface area contributed by atoms with Crippen molar-refractivity contribution >= 4 is 23.1 Å². The van der Waals surface area contributed by atoms with Crippen molar-refractivity contribution in [1.29, 1.82) is 0 Å². The molecule has 11 heteroatoms. The van der Waals surface area contributed by atoms with Crippen LogP contribution >= 0.6 is 0 Å². The average molecular weight is 513 g/mol. The van der Waals surface area contributed by atoms with E-state index in [9.17, 15) is 39.9 Å². The molecule has 4 aliphatic carbocycles. The number of fused-ring (bicyclic) bond motifs is 3. The zero-order valence-electron chi connectivity index (χ0n) is 20.2. The summed E-state index contributed by atoms with van der Waals surface area (Å²) in [6.45, 7) is 4.06. The van der Waals surface area contributed by atoms with Gasteiger partial charge in [0.1, 0.15) is 29.6 Å². The third-order valence-electron chi connectivity index (χ3n) is 7.83. The van der Waals surface area contributed by atoms with Crippen LogP contribution in [0.1, 0.15) is 28.8 Å². The van der Waals surface area contributed by atoms with Crippen molar-refractivity contribution in [1.82, 2.24) is 4.90 Å². The van der Waals surface area contributed by atoms with E-state index in [1.165, 1.54) is 31.1 Å². The molecule has 0 heterocycles. The van der Waals surface area contributed by atoms with Gasteiger partial charge in [-0.1, -0.05) is 18.7 Å². The Morgan fingerprint density at radius 1 is 1.22 bits per heavy atom. The van der Waals surface area contributed by atoms with Gasteiger partial charge in [0.25, 0.3) is 0 Å². The third kappa shape index (κ3) is 3.31. The molecule has 0 bridgehead atoms. The molecule has 1 saturated carbocycles. The number of ketones is 2. The first-order chi connectivity index (χ1) is 17.3. The van der Waals surface area contributed by atoms with Gasteiger partial charge in [0.2, 0.25) is 5.78 Å². The van der Waals surface area contributed by atoms with Gasteiger partial charge in [-0.05, 0) is 44.1 Å². The summed E-state index contributed by atoms with van der Waals surface area (Å²) < 4.78 is 5.88. The van der Waals surface area contributed by atoms with Gasteiger partial charge in [0.15, 0.2) is 11.4 Å². The van der Waals surface area contributed by atoms with E-state index in [0.29, 0.717) is 12.8 Å². The van der Waals surface area contributed by atoms with Crippen molar-refractivity contribution in [3.05, 3.63) is 58.6 Å². The number of nitrogens with two attached hydrogens (primary N) is 1. The maximum absolute atomic E-state index is 13.7. The number of esters is 1. The van der Waals surface area contributed by atoms with Crippen LogP contribution in [0.15, 0.2) is 47.4 Å². The standard InChI is InChI=1S/C26H28N2O9/c1-9-11-5-4-6-12(29)14(11)19(30)15-13(9)21(37-25(35)10-7-8-10)17-18(28(2)3)20(31)16(24(27)34)23(33)26(17,36)22(15)32/h4-6,10,13,17-18,21,24,29,31-32,34,36H,1,7-8,27H2,2-3H3/t13-,17-,18+,21+,24?,26+/m1/s1. The number of aromatic hydroxyl groups is 1. The van der Waals surface area contributed by atoms with Crippen molar-refractivity contribution in [3.63, 3.8) is 0 Å². The number of benzene rings is 1. The number of nitrogens with zero attached hydrogens (tertiary/aromatic N) is 1. The first-order valence-corrected chi connectivity index (χ1v) is 11.8. The van der Waals surface area contributed by atoms with Crippen LogP contribution in [0.3, 0.4) is 0 Å². The van der Waals surface area contributed by atoms with E-state index in [0.717, 1.165) is 0 Å².